The molecule has 0 amide bonds. The lowest BCUT2D eigenvalue weighted by atomic mass is 9.95. The average molecular weight is 582 g/mol. The van der Waals surface area contributed by atoms with E-state index in [1.54, 1.807) is 11.3 Å². The van der Waals surface area contributed by atoms with Crippen molar-refractivity contribution in [1.29, 1.82) is 0 Å². The van der Waals surface area contributed by atoms with Gasteiger partial charge < -0.3 is 4.42 Å². The van der Waals surface area contributed by atoms with Crippen LogP contribution in [0.5, 0.6) is 0 Å². The molecule has 0 aliphatic heterocycles. The lowest BCUT2D eigenvalue weighted by Crippen LogP contribution is -2.00. The fraction of sp³-hybridized carbons (Fsp3) is 0. The van der Waals surface area contributed by atoms with Crippen LogP contribution in [-0.4, -0.2) is 15.0 Å². The quantitative estimate of drug-likeness (QED) is 0.207. The zero-order chi connectivity index (χ0) is 29.0. The number of hydrogen-bond acceptors (Lipinski definition) is 5. The molecule has 206 valence electrons. The maximum Gasteiger partial charge on any atom is 0.164 e. The predicted octanol–water partition coefficient (Wildman–Crippen LogP) is 10.8. The van der Waals surface area contributed by atoms with Crippen LogP contribution >= 0.6 is 11.3 Å². The third-order valence-electron chi connectivity index (χ3n) is 8.12. The molecule has 0 atom stereocenters. The lowest BCUT2D eigenvalue weighted by molar-refractivity contribution is 0.669. The van der Waals surface area contributed by atoms with Gasteiger partial charge in [-0.25, -0.2) is 15.0 Å². The number of thiophene rings is 1. The molecule has 6 aromatic carbocycles. The highest BCUT2D eigenvalue weighted by Crippen LogP contribution is 2.43. The summed E-state index contributed by atoms with van der Waals surface area (Å²) in [6.45, 7) is 0. The number of benzene rings is 6. The van der Waals surface area contributed by atoms with Crippen molar-refractivity contribution < 1.29 is 4.42 Å². The smallest absolute Gasteiger partial charge is 0.164 e. The first-order valence-electron chi connectivity index (χ1n) is 14.5. The second kappa shape index (κ2) is 9.97. The van der Waals surface area contributed by atoms with Gasteiger partial charge in [-0.15, -0.1) is 11.3 Å². The first kappa shape index (κ1) is 24.9. The summed E-state index contributed by atoms with van der Waals surface area (Å²) in [6, 6.07) is 48.0. The SMILES string of the molecule is c1ccc(-c2nc(-c3ccccc3)nc(-c3cc(-c4ccc5oc6ccccc6c5c4)c4c(c3)sc3ccccc34)n2)cc1. The van der Waals surface area contributed by atoms with Gasteiger partial charge in [0, 0.05) is 47.6 Å². The van der Waals surface area contributed by atoms with Gasteiger partial charge in [-0.3, -0.25) is 0 Å². The van der Waals surface area contributed by atoms with Gasteiger partial charge in [0.2, 0.25) is 0 Å². The van der Waals surface area contributed by atoms with Gasteiger partial charge >= 0.3 is 0 Å². The number of rotatable bonds is 4. The van der Waals surface area contributed by atoms with Gasteiger partial charge in [0.1, 0.15) is 11.2 Å². The summed E-state index contributed by atoms with van der Waals surface area (Å²) in [5, 5.41) is 4.71. The normalized spacial score (nSPS) is 11.6. The van der Waals surface area contributed by atoms with E-state index in [1.807, 2.05) is 72.8 Å². The van der Waals surface area contributed by atoms with E-state index in [1.165, 1.54) is 20.2 Å². The Hall–Kier alpha value is -5.65. The van der Waals surface area contributed by atoms with Crippen molar-refractivity contribution in [1.82, 2.24) is 15.0 Å². The number of hydrogen-bond donors (Lipinski definition) is 0. The molecule has 0 saturated carbocycles. The van der Waals surface area contributed by atoms with Gasteiger partial charge in [0.25, 0.3) is 0 Å². The van der Waals surface area contributed by atoms with Crippen molar-refractivity contribution in [2.75, 3.05) is 0 Å². The van der Waals surface area contributed by atoms with E-state index >= 15 is 0 Å². The molecule has 0 spiro atoms. The Bertz CT molecular complexity index is 2440. The minimum absolute atomic E-state index is 0.646. The van der Waals surface area contributed by atoms with E-state index < -0.39 is 0 Å². The molecule has 0 bridgehead atoms. The van der Waals surface area contributed by atoms with Gasteiger partial charge in [0.15, 0.2) is 17.5 Å². The van der Waals surface area contributed by atoms with Crippen LogP contribution in [-0.2, 0) is 0 Å². The molecule has 0 saturated heterocycles. The molecule has 4 nitrogen and oxygen atoms in total. The zero-order valence-corrected chi connectivity index (χ0v) is 24.3. The first-order valence-corrected chi connectivity index (χ1v) is 15.3. The van der Waals surface area contributed by atoms with E-state index in [2.05, 4.69) is 66.7 Å². The molecule has 0 aliphatic carbocycles. The van der Waals surface area contributed by atoms with Crippen LogP contribution in [0.3, 0.4) is 0 Å². The third-order valence-corrected chi connectivity index (χ3v) is 9.24. The van der Waals surface area contributed by atoms with Crippen LogP contribution < -0.4 is 0 Å². The largest absolute Gasteiger partial charge is 0.456 e. The van der Waals surface area contributed by atoms with Gasteiger partial charge in [-0.1, -0.05) is 103 Å². The molecular formula is C39H23N3OS. The summed E-state index contributed by atoms with van der Waals surface area (Å²) in [5.41, 5.74) is 6.90. The van der Waals surface area contributed by atoms with Crippen molar-refractivity contribution in [2.45, 2.75) is 0 Å². The molecule has 0 aliphatic rings. The fourth-order valence-electron chi connectivity index (χ4n) is 6.04. The maximum absolute atomic E-state index is 6.16. The Morgan fingerprint density at radius 1 is 0.409 bits per heavy atom. The Kier molecular flexibility index (Phi) is 5.64. The van der Waals surface area contributed by atoms with Crippen LogP contribution in [0.2, 0.25) is 0 Å². The van der Waals surface area contributed by atoms with Crippen molar-refractivity contribution in [2.24, 2.45) is 0 Å². The van der Waals surface area contributed by atoms with E-state index in [4.69, 9.17) is 19.4 Å². The van der Waals surface area contributed by atoms with Crippen molar-refractivity contribution in [3.8, 4) is 45.3 Å². The van der Waals surface area contributed by atoms with Crippen LogP contribution in [0.15, 0.2) is 144 Å². The summed E-state index contributed by atoms with van der Waals surface area (Å²) in [5.74, 6) is 1.95. The highest BCUT2D eigenvalue weighted by molar-refractivity contribution is 7.26. The summed E-state index contributed by atoms with van der Waals surface area (Å²) >= 11 is 1.80. The Morgan fingerprint density at radius 3 is 1.73 bits per heavy atom. The molecule has 44 heavy (non-hydrogen) atoms. The van der Waals surface area contributed by atoms with Crippen LogP contribution in [0.1, 0.15) is 0 Å². The standard InChI is InChI=1S/C39H23N3OS/c1-3-11-24(12-4-1)37-40-38(25-13-5-2-6-14-25)42-39(41-37)27-22-30(36-29-16-8-10-18-34(29)44-35(36)23-27)26-19-20-33-31(21-26)28-15-7-9-17-32(28)43-33/h1-23H. The third kappa shape index (κ3) is 4.09. The second-order valence-corrected chi connectivity index (χ2v) is 11.9. The molecule has 0 N–H and O–H groups in total. The van der Waals surface area contributed by atoms with Gasteiger partial charge in [-0.2, -0.15) is 0 Å². The number of fused-ring (bicyclic) bond motifs is 6. The molecule has 9 rings (SSSR count). The summed E-state index contributed by atoms with van der Waals surface area (Å²) in [7, 11) is 0. The van der Waals surface area contributed by atoms with E-state index in [9.17, 15) is 0 Å². The van der Waals surface area contributed by atoms with Crippen molar-refractivity contribution in [3.05, 3.63) is 140 Å². The number of nitrogens with zero attached hydrogens (tertiary/aromatic N) is 3. The number of furan rings is 1. The van der Waals surface area contributed by atoms with Crippen LogP contribution in [0.25, 0.3) is 87.4 Å². The molecule has 0 unspecified atom stereocenters. The highest BCUT2D eigenvalue weighted by Gasteiger charge is 2.18. The van der Waals surface area contributed by atoms with Crippen LogP contribution in [0.4, 0.5) is 0 Å². The Balaban J connectivity index is 1.33. The number of aromatic nitrogens is 3. The van der Waals surface area contributed by atoms with E-state index in [-0.39, 0.29) is 0 Å². The zero-order valence-electron chi connectivity index (χ0n) is 23.4. The minimum atomic E-state index is 0.646. The topological polar surface area (TPSA) is 51.8 Å². The highest BCUT2D eigenvalue weighted by atomic mass is 32.1. The van der Waals surface area contributed by atoms with Crippen molar-refractivity contribution >= 4 is 53.4 Å². The lowest BCUT2D eigenvalue weighted by Gasteiger charge is -2.11. The Morgan fingerprint density at radius 2 is 1.00 bits per heavy atom. The minimum Gasteiger partial charge on any atom is -0.456 e. The summed E-state index contributed by atoms with van der Waals surface area (Å²) in [4.78, 5) is 15.0. The molecule has 3 aromatic heterocycles. The van der Waals surface area contributed by atoms with E-state index in [0.29, 0.717) is 17.5 Å². The van der Waals surface area contributed by atoms with Crippen LogP contribution in [0, 0.1) is 0 Å². The first-order chi connectivity index (χ1) is 21.8. The molecular weight excluding hydrogens is 559 g/mol. The number of para-hydroxylation sites is 1. The fourth-order valence-corrected chi connectivity index (χ4v) is 7.21. The summed E-state index contributed by atoms with van der Waals surface area (Å²) in [6.07, 6.45) is 0. The van der Waals surface area contributed by atoms with Gasteiger partial charge in [0.05, 0.1) is 0 Å². The van der Waals surface area contributed by atoms with E-state index in [0.717, 1.165) is 49.8 Å². The molecule has 5 heteroatoms. The monoisotopic (exact) mass is 581 g/mol. The van der Waals surface area contributed by atoms with Crippen molar-refractivity contribution in [3.63, 3.8) is 0 Å². The molecule has 3 heterocycles. The second-order valence-electron chi connectivity index (χ2n) is 10.8. The van der Waals surface area contributed by atoms with Gasteiger partial charge in [-0.05, 0) is 47.5 Å². The maximum atomic E-state index is 6.16. The molecule has 0 fully saturated rings. The Labute approximate surface area is 256 Å². The molecule has 9 aromatic rings. The average Bonchev–Trinajstić information content (AvgIpc) is 3.66. The predicted molar refractivity (Wildman–Crippen MR) is 182 cm³/mol. The summed E-state index contributed by atoms with van der Waals surface area (Å²) < 4.78 is 8.61. The molecule has 0 radical (unpaired) electrons.